The molecule has 2 rings (SSSR count). The fraction of sp³-hybridized carbons (Fsp3) is 0.250. The van der Waals surface area contributed by atoms with E-state index in [4.69, 9.17) is 14.2 Å². The number of aryl methyl sites for hydroxylation is 1. The van der Waals surface area contributed by atoms with Gasteiger partial charge in [-0.2, -0.15) is 0 Å². The molecule has 7 nitrogen and oxygen atoms in total. The summed E-state index contributed by atoms with van der Waals surface area (Å²) >= 11 is 0. The summed E-state index contributed by atoms with van der Waals surface area (Å²) in [5.41, 5.74) is 0.272. The first-order chi connectivity index (χ1) is 11.0. The van der Waals surface area contributed by atoms with Crippen LogP contribution in [0.2, 0.25) is 0 Å². The van der Waals surface area contributed by atoms with Gasteiger partial charge in [-0.25, -0.2) is 0 Å². The molecule has 0 saturated heterocycles. The van der Waals surface area contributed by atoms with Crippen molar-refractivity contribution in [2.75, 3.05) is 26.6 Å². The van der Waals surface area contributed by atoms with E-state index in [1.807, 2.05) is 0 Å². The van der Waals surface area contributed by atoms with Gasteiger partial charge < -0.3 is 24.1 Å². The van der Waals surface area contributed by atoms with Crippen LogP contribution in [-0.4, -0.2) is 31.8 Å². The maximum atomic E-state index is 12.4. The van der Waals surface area contributed by atoms with E-state index in [2.05, 4.69) is 5.32 Å². The van der Waals surface area contributed by atoms with Gasteiger partial charge in [-0.3, -0.25) is 9.59 Å². The Morgan fingerprint density at radius 2 is 1.74 bits per heavy atom. The first-order valence-corrected chi connectivity index (χ1v) is 6.78. The number of pyridine rings is 1. The van der Waals surface area contributed by atoms with Crippen LogP contribution in [0.1, 0.15) is 10.5 Å². The van der Waals surface area contributed by atoms with E-state index >= 15 is 0 Å². The molecule has 1 N–H and O–H groups in total. The smallest absolute Gasteiger partial charge is 0.272 e. The number of nitrogens with one attached hydrogen (secondary N) is 1. The summed E-state index contributed by atoms with van der Waals surface area (Å²) in [7, 11) is 6.08. The van der Waals surface area contributed by atoms with Crippen LogP contribution in [0, 0.1) is 0 Å². The number of ether oxygens (including phenoxy) is 3. The summed E-state index contributed by atoms with van der Waals surface area (Å²) in [6.07, 6.45) is 1.46. The van der Waals surface area contributed by atoms with E-state index in [-0.39, 0.29) is 16.9 Å². The molecule has 0 saturated carbocycles. The number of carbonyl (C=O) groups is 1. The van der Waals surface area contributed by atoms with Crippen molar-refractivity contribution in [2.24, 2.45) is 7.05 Å². The highest BCUT2D eigenvalue weighted by molar-refractivity contribution is 6.04. The van der Waals surface area contributed by atoms with Crippen molar-refractivity contribution in [3.63, 3.8) is 0 Å². The van der Waals surface area contributed by atoms with Crippen LogP contribution in [0.5, 0.6) is 17.2 Å². The number of nitrogens with zero attached hydrogens (tertiary/aromatic N) is 1. The van der Waals surface area contributed by atoms with Crippen LogP contribution >= 0.6 is 0 Å². The summed E-state index contributed by atoms with van der Waals surface area (Å²) in [4.78, 5) is 24.3. The molecule has 1 amide bonds. The molecule has 2 aromatic rings. The largest absolute Gasteiger partial charge is 0.497 e. The van der Waals surface area contributed by atoms with Crippen molar-refractivity contribution in [3.05, 3.63) is 46.4 Å². The fourth-order valence-electron chi connectivity index (χ4n) is 2.08. The number of hydrogen-bond donors (Lipinski definition) is 1. The van der Waals surface area contributed by atoms with E-state index in [1.54, 1.807) is 25.2 Å². The van der Waals surface area contributed by atoms with Gasteiger partial charge >= 0.3 is 0 Å². The van der Waals surface area contributed by atoms with Crippen LogP contribution in [0.4, 0.5) is 5.69 Å². The Labute approximate surface area is 133 Å². The van der Waals surface area contributed by atoms with Crippen LogP contribution in [0.15, 0.2) is 35.3 Å². The van der Waals surface area contributed by atoms with Crippen LogP contribution < -0.4 is 25.0 Å². The predicted octanol–water partition coefficient (Wildman–Crippen LogP) is 1.66. The van der Waals surface area contributed by atoms with Crippen LogP contribution in [0.3, 0.4) is 0 Å². The molecule has 1 heterocycles. The molecule has 0 spiro atoms. The van der Waals surface area contributed by atoms with Crippen molar-refractivity contribution in [3.8, 4) is 17.2 Å². The first kappa shape index (κ1) is 16.4. The highest BCUT2D eigenvalue weighted by Gasteiger charge is 2.15. The average Bonchev–Trinajstić information content (AvgIpc) is 2.56. The summed E-state index contributed by atoms with van der Waals surface area (Å²) < 4.78 is 16.8. The van der Waals surface area contributed by atoms with E-state index in [1.165, 1.54) is 38.2 Å². The molecule has 1 aromatic heterocycles. The molecular formula is C16H18N2O5. The topological polar surface area (TPSA) is 78.8 Å². The molecule has 0 bridgehead atoms. The van der Waals surface area contributed by atoms with Gasteiger partial charge in [0.2, 0.25) is 5.43 Å². The van der Waals surface area contributed by atoms with Gasteiger partial charge in [0.15, 0.2) is 5.75 Å². The van der Waals surface area contributed by atoms with Gasteiger partial charge in [-0.1, -0.05) is 0 Å². The molecule has 0 aliphatic rings. The lowest BCUT2D eigenvalue weighted by atomic mass is 10.2. The average molecular weight is 318 g/mol. The Hall–Kier alpha value is -2.96. The van der Waals surface area contributed by atoms with Crippen molar-refractivity contribution < 1.29 is 19.0 Å². The van der Waals surface area contributed by atoms with Crippen molar-refractivity contribution in [1.82, 2.24) is 4.57 Å². The molecule has 1 aromatic carbocycles. The van der Waals surface area contributed by atoms with Gasteiger partial charge in [-0.15, -0.1) is 0 Å². The lowest BCUT2D eigenvalue weighted by molar-refractivity contribution is 0.101. The standard InChI is InChI=1S/C16H18N2O5/c1-18-9-15(23-4)13(19)8-12(18)16(20)17-11-7-10(21-2)5-6-14(11)22-3/h5-9H,1-4H3,(H,17,20). The molecule has 122 valence electrons. The van der Waals surface area contributed by atoms with E-state index in [0.717, 1.165) is 0 Å². The third-order valence-electron chi connectivity index (χ3n) is 3.31. The van der Waals surface area contributed by atoms with Gasteiger partial charge in [-0.05, 0) is 12.1 Å². The molecule has 0 radical (unpaired) electrons. The second-order valence-corrected chi connectivity index (χ2v) is 4.72. The predicted molar refractivity (Wildman–Crippen MR) is 85.7 cm³/mol. The zero-order chi connectivity index (χ0) is 17.0. The van der Waals surface area contributed by atoms with Gasteiger partial charge in [0.05, 0.1) is 33.2 Å². The highest BCUT2D eigenvalue weighted by Crippen LogP contribution is 2.29. The van der Waals surface area contributed by atoms with E-state index in [9.17, 15) is 9.59 Å². The fourth-order valence-corrected chi connectivity index (χ4v) is 2.08. The number of aromatic nitrogens is 1. The minimum atomic E-state index is -0.446. The van der Waals surface area contributed by atoms with Gasteiger partial charge in [0.25, 0.3) is 5.91 Å². The molecule has 7 heteroatoms. The van der Waals surface area contributed by atoms with Crippen LogP contribution in [-0.2, 0) is 7.05 Å². The molecule has 23 heavy (non-hydrogen) atoms. The Bertz CT molecular complexity index is 783. The molecule has 0 fully saturated rings. The third-order valence-corrected chi connectivity index (χ3v) is 3.31. The molecule has 0 atom stereocenters. The SMILES string of the molecule is COc1ccc(OC)c(NC(=O)c2cc(=O)c(OC)cn2C)c1. The lowest BCUT2D eigenvalue weighted by Crippen LogP contribution is -2.21. The van der Waals surface area contributed by atoms with Crippen molar-refractivity contribution >= 4 is 11.6 Å². The minimum absolute atomic E-state index is 0.169. The number of anilines is 1. The number of hydrogen-bond acceptors (Lipinski definition) is 5. The second kappa shape index (κ2) is 6.87. The first-order valence-electron chi connectivity index (χ1n) is 6.78. The quantitative estimate of drug-likeness (QED) is 0.907. The van der Waals surface area contributed by atoms with Crippen molar-refractivity contribution in [1.29, 1.82) is 0 Å². The maximum Gasteiger partial charge on any atom is 0.272 e. The number of methoxy groups -OCH3 is 3. The molecule has 0 unspecified atom stereocenters. The second-order valence-electron chi connectivity index (χ2n) is 4.72. The number of rotatable bonds is 5. The Morgan fingerprint density at radius 3 is 2.35 bits per heavy atom. The number of amides is 1. The maximum absolute atomic E-state index is 12.4. The van der Waals surface area contributed by atoms with E-state index < -0.39 is 5.91 Å². The summed E-state index contributed by atoms with van der Waals surface area (Å²) in [5.74, 6) is 0.782. The molecule has 0 aliphatic heterocycles. The normalized spacial score (nSPS) is 10.1. The minimum Gasteiger partial charge on any atom is -0.497 e. The molecule has 0 aliphatic carbocycles. The summed E-state index contributed by atoms with van der Waals surface area (Å²) in [6, 6.07) is 6.26. The highest BCUT2D eigenvalue weighted by atomic mass is 16.5. The zero-order valence-corrected chi connectivity index (χ0v) is 13.4. The number of benzene rings is 1. The molecular weight excluding hydrogens is 300 g/mol. The van der Waals surface area contributed by atoms with Crippen LogP contribution in [0.25, 0.3) is 0 Å². The summed E-state index contributed by atoms with van der Waals surface area (Å²) in [5, 5.41) is 2.71. The van der Waals surface area contributed by atoms with Crippen molar-refractivity contribution in [2.45, 2.75) is 0 Å². The van der Waals surface area contributed by atoms with E-state index in [0.29, 0.717) is 17.2 Å². The Morgan fingerprint density at radius 1 is 1.04 bits per heavy atom. The third kappa shape index (κ3) is 3.45. The number of carbonyl (C=O) groups excluding carboxylic acids is 1. The Kier molecular flexibility index (Phi) is 4.90. The monoisotopic (exact) mass is 318 g/mol. The summed E-state index contributed by atoms with van der Waals surface area (Å²) in [6.45, 7) is 0. The zero-order valence-electron chi connectivity index (χ0n) is 13.4. The lowest BCUT2D eigenvalue weighted by Gasteiger charge is -2.13. The Balaban J connectivity index is 2.36. The van der Waals surface area contributed by atoms with Gasteiger partial charge in [0.1, 0.15) is 17.2 Å². The van der Waals surface area contributed by atoms with Gasteiger partial charge in [0, 0.05) is 19.2 Å².